The van der Waals surface area contributed by atoms with E-state index >= 15 is 0 Å². The molecule has 0 radical (unpaired) electrons. The second kappa shape index (κ2) is 9.90. The molecule has 3 rings (SSSR count). The van der Waals surface area contributed by atoms with E-state index in [4.69, 9.17) is 4.74 Å². The number of rotatable bonds is 6. The molecule has 11 heteroatoms. The Morgan fingerprint density at radius 1 is 1.40 bits per heavy atom. The van der Waals surface area contributed by atoms with Crippen LogP contribution in [0.4, 0.5) is 10.5 Å². The second-order valence-corrected chi connectivity index (χ2v) is 8.88. The van der Waals surface area contributed by atoms with E-state index in [1.54, 1.807) is 24.0 Å². The molecule has 0 bridgehead atoms. The lowest BCUT2D eigenvalue weighted by molar-refractivity contribution is -0.387. The first-order valence-corrected chi connectivity index (χ1v) is 11.2. The first-order chi connectivity index (χ1) is 14.4. The lowest BCUT2D eigenvalue weighted by Gasteiger charge is -2.31. The molecule has 1 N–H and O–H groups in total. The number of amides is 2. The Bertz CT molecular complexity index is 941. The maximum atomic E-state index is 12.6. The minimum atomic E-state index is -0.489. The average molecular weight is 451 g/mol. The lowest BCUT2D eigenvalue weighted by Crippen LogP contribution is -2.46. The molecular weight excluding hydrogens is 428 g/mol. The van der Waals surface area contributed by atoms with Gasteiger partial charge >= 0.3 is 6.09 Å². The van der Waals surface area contributed by atoms with Crippen LogP contribution in [0.15, 0.2) is 32.8 Å². The van der Waals surface area contributed by atoms with E-state index in [0.29, 0.717) is 41.8 Å². The maximum absolute atomic E-state index is 12.6. The van der Waals surface area contributed by atoms with Crippen molar-refractivity contribution < 1.29 is 19.2 Å². The van der Waals surface area contributed by atoms with Gasteiger partial charge in [0.05, 0.1) is 16.4 Å². The Morgan fingerprint density at radius 2 is 2.13 bits per heavy atom. The van der Waals surface area contributed by atoms with Crippen molar-refractivity contribution in [1.82, 2.24) is 15.2 Å². The van der Waals surface area contributed by atoms with Crippen molar-refractivity contribution in [2.45, 2.75) is 42.0 Å². The Labute approximate surface area is 182 Å². The zero-order chi connectivity index (χ0) is 21.7. The van der Waals surface area contributed by atoms with Crippen LogP contribution in [0.3, 0.4) is 0 Å². The SMILES string of the molecule is CCOC(=O)N1CCC(NC(=O)c2ccc(Sc3nc(C)cs3)c([N+](=O)[O-])c2)CC1. The van der Waals surface area contributed by atoms with Crippen molar-refractivity contribution >= 4 is 40.8 Å². The van der Waals surface area contributed by atoms with Gasteiger partial charge in [0, 0.05) is 41.8 Å². The van der Waals surface area contributed by atoms with Crippen LogP contribution in [-0.2, 0) is 4.74 Å². The molecule has 1 aromatic carbocycles. The predicted octanol–water partition coefficient (Wildman–Crippen LogP) is 3.86. The largest absolute Gasteiger partial charge is 0.450 e. The van der Waals surface area contributed by atoms with Crippen LogP contribution in [0.25, 0.3) is 0 Å². The average Bonchev–Trinajstić information content (AvgIpc) is 3.13. The molecule has 0 atom stereocenters. The molecule has 2 aromatic rings. The maximum Gasteiger partial charge on any atom is 0.409 e. The van der Waals surface area contributed by atoms with Crippen LogP contribution >= 0.6 is 23.1 Å². The highest BCUT2D eigenvalue weighted by molar-refractivity contribution is 8.01. The number of hydrogen-bond acceptors (Lipinski definition) is 8. The van der Waals surface area contributed by atoms with Crippen molar-refractivity contribution in [3.05, 3.63) is 45.0 Å². The zero-order valence-electron chi connectivity index (χ0n) is 16.6. The molecule has 1 aliphatic heterocycles. The summed E-state index contributed by atoms with van der Waals surface area (Å²) in [5.41, 5.74) is 0.960. The van der Waals surface area contributed by atoms with Crippen molar-refractivity contribution in [3.8, 4) is 0 Å². The number of carbonyl (C=O) groups excluding carboxylic acids is 2. The van der Waals surface area contributed by atoms with Crippen molar-refractivity contribution in [1.29, 1.82) is 0 Å². The molecule has 2 amide bonds. The second-order valence-electron chi connectivity index (χ2n) is 6.73. The van der Waals surface area contributed by atoms with Crippen LogP contribution in [0.5, 0.6) is 0 Å². The van der Waals surface area contributed by atoms with E-state index in [9.17, 15) is 19.7 Å². The van der Waals surface area contributed by atoms with E-state index in [-0.39, 0.29) is 29.3 Å². The van der Waals surface area contributed by atoms with Crippen molar-refractivity contribution in [2.75, 3.05) is 19.7 Å². The summed E-state index contributed by atoms with van der Waals surface area (Å²) in [5, 5.41) is 16.3. The van der Waals surface area contributed by atoms with E-state index in [1.807, 2.05) is 12.3 Å². The van der Waals surface area contributed by atoms with Crippen LogP contribution < -0.4 is 5.32 Å². The number of nitro benzene ring substituents is 1. The normalized spacial score (nSPS) is 14.4. The van der Waals surface area contributed by atoms with Gasteiger partial charge in [0.1, 0.15) is 0 Å². The number of ether oxygens (including phenoxy) is 1. The molecule has 9 nitrogen and oxygen atoms in total. The third-order valence-corrected chi connectivity index (χ3v) is 6.69. The fraction of sp³-hybridized carbons (Fsp3) is 0.421. The summed E-state index contributed by atoms with van der Waals surface area (Å²) in [6.45, 7) is 4.93. The van der Waals surface area contributed by atoms with E-state index in [2.05, 4.69) is 10.3 Å². The highest BCUT2D eigenvalue weighted by atomic mass is 32.2. The summed E-state index contributed by atoms with van der Waals surface area (Å²) >= 11 is 2.63. The standard InChI is InChI=1S/C19H22N4O5S2/c1-3-28-19(25)22-8-6-14(7-9-22)21-17(24)13-4-5-16(15(10-13)23(26)27)30-18-20-12(2)11-29-18/h4-5,10-11,14H,3,6-9H2,1-2H3,(H,21,24). The Morgan fingerprint density at radius 3 is 2.73 bits per heavy atom. The monoisotopic (exact) mass is 450 g/mol. The van der Waals surface area contributed by atoms with Gasteiger partial charge < -0.3 is 15.0 Å². The Kier molecular flexibility index (Phi) is 7.27. The summed E-state index contributed by atoms with van der Waals surface area (Å²) in [6, 6.07) is 4.36. The molecule has 1 aliphatic rings. The number of aryl methyl sites for hydroxylation is 1. The summed E-state index contributed by atoms with van der Waals surface area (Å²) in [6.07, 6.45) is 0.856. The third kappa shape index (κ3) is 5.48. The van der Waals surface area contributed by atoms with Crippen LogP contribution in [-0.4, -0.2) is 52.5 Å². The van der Waals surface area contributed by atoms with E-state index in [1.165, 1.54) is 29.2 Å². The lowest BCUT2D eigenvalue weighted by atomic mass is 10.0. The molecule has 2 heterocycles. The van der Waals surface area contributed by atoms with Gasteiger partial charge in [0.25, 0.3) is 11.6 Å². The van der Waals surface area contributed by atoms with Gasteiger partial charge in [-0.3, -0.25) is 14.9 Å². The van der Waals surface area contributed by atoms with Crippen LogP contribution in [0, 0.1) is 17.0 Å². The molecule has 0 saturated carbocycles. The van der Waals surface area contributed by atoms with Crippen LogP contribution in [0.1, 0.15) is 35.8 Å². The quantitative estimate of drug-likeness (QED) is 0.525. The molecule has 1 aromatic heterocycles. The minimum Gasteiger partial charge on any atom is -0.450 e. The third-order valence-electron chi connectivity index (χ3n) is 4.57. The van der Waals surface area contributed by atoms with Gasteiger partial charge in [-0.05, 0) is 38.8 Å². The molecule has 160 valence electrons. The number of thiazole rings is 1. The molecule has 1 saturated heterocycles. The van der Waals surface area contributed by atoms with Crippen molar-refractivity contribution in [2.24, 2.45) is 0 Å². The summed E-state index contributed by atoms with van der Waals surface area (Å²) in [4.78, 5) is 41.8. The number of likely N-dealkylation sites (tertiary alicyclic amines) is 1. The highest BCUT2D eigenvalue weighted by Gasteiger charge is 2.26. The summed E-state index contributed by atoms with van der Waals surface area (Å²) in [5.74, 6) is -0.366. The fourth-order valence-electron chi connectivity index (χ4n) is 3.05. The predicted molar refractivity (Wildman–Crippen MR) is 113 cm³/mol. The number of nitrogens with one attached hydrogen (secondary N) is 1. The number of carbonyl (C=O) groups is 2. The first kappa shape index (κ1) is 22.0. The smallest absolute Gasteiger partial charge is 0.409 e. The Balaban J connectivity index is 1.64. The molecular formula is C19H22N4O5S2. The van der Waals surface area contributed by atoms with Crippen molar-refractivity contribution in [3.63, 3.8) is 0 Å². The Hall–Kier alpha value is -2.66. The number of nitrogens with zero attached hydrogens (tertiary/aromatic N) is 3. The number of piperidine rings is 1. The van der Waals surface area contributed by atoms with E-state index < -0.39 is 4.92 Å². The number of aromatic nitrogens is 1. The van der Waals surface area contributed by atoms with Gasteiger partial charge in [-0.2, -0.15) is 0 Å². The highest BCUT2D eigenvalue weighted by Crippen LogP contribution is 2.36. The summed E-state index contributed by atoms with van der Waals surface area (Å²) < 4.78 is 5.70. The molecule has 30 heavy (non-hydrogen) atoms. The van der Waals surface area contributed by atoms with E-state index in [0.717, 1.165) is 5.69 Å². The minimum absolute atomic E-state index is 0.102. The van der Waals surface area contributed by atoms with Gasteiger partial charge in [-0.25, -0.2) is 9.78 Å². The first-order valence-electron chi connectivity index (χ1n) is 9.48. The number of hydrogen-bond donors (Lipinski definition) is 1. The number of nitro groups is 1. The molecule has 0 aliphatic carbocycles. The topological polar surface area (TPSA) is 115 Å². The molecule has 1 fully saturated rings. The van der Waals surface area contributed by atoms with Gasteiger partial charge in [-0.1, -0.05) is 11.8 Å². The molecule has 0 spiro atoms. The fourth-order valence-corrected chi connectivity index (χ4v) is 4.93. The van der Waals surface area contributed by atoms with Gasteiger partial charge in [-0.15, -0.1) is 11.3 Å². The van der Waals surface area contributed by atoms with Gasteiger partial charge in [0.15, 0.2) is 4.34 Å². The number of benzene rings is 1. The molecule has 0 unspecified atom stereocenters. The van der Waals surface area contributed by atoms with Crippen LogP contribution in [0.2, 0.25) is 0 Å². The summed E-state index contributed by atoms with van der Waals surface area (Å²) in [7, 11) is 0. The zero-order valence-corrected chi connectivity index (χ0v) is 18.3. The van der Waals surface area contributed by atoms with Gasteiger partial charge in [0.2, 0.25) is 0 Å².